The van der Waals surface area contributed by atoms with Crippen LogP contribution in [0.5, 0.6) is 0 Å². The average molecular weight is 316 g/mol. The molecule has 1 aromatic carbocycles. The first-order valence-corrected chi connectivity index (χ1v) is 7.10. The zero-order valence-corrected chi connectivity index (χ0v) is 12.2. The molecule has 1 aromatic rings. The van der Waals surface area contributed by atoms with Crippen molar-refractivity contribution in [2.24, 2.45) is 5.73 Å². The standard InChI is InChI=1S/C14H15F3N2OS/c1-10-4-5-11(3-2-6-18)12(9-10)13(20)19-7-8-21-14(15,16)17/h4-5,9H,6-8,18H2,1H3,(H,19,20). The van der Waals surface area contributed by atoms with Gasteiger partial charge in [0, 0.05) is 17.9 Å². The number of nitrogens with two attached hydrogens (primary N) is 1. The minimum atomic E-state index is -4.29. The van der Waals surface area contributed by atoms with E-state index in [-0.39, 0.29) is 30.6 Å². The molecule has 0 atom stereocenters. The van der Waals surface area contributed by atoms with Crippen LogP contribution in [0.2, 0.25) is 0 Å². The van der Waals surface area contributed by atoms with Gasteiger partial charge in [0.15, 0.2) is 0 Å². The normalized spacial score (nSPS) is 10.7. The van der Waals surface area contributed by atoms with Gasteiger partial charge in [-0.3, -0.25) is 4.79 Å². The molecule has 1 rings (SSSR count). The first-order valence-electron chi connectivity index (χ1n) is 6.12. The van der Waals surface area contributed by atoms with E-state index in [1.165, 1.54) is 0 Å². The number of amides is 1. The Morgan fingerprint density at radius 2 is 2.14 bits per heavy atom. The van der Waals surface area contributed by atoms with E-state index in [1.54, 1.807) is 18.2 Å². The molecule has 0 spiro atoms. The Morgan fingerprint density at radius 1 is 1.43 bits per heavy atom. The van der Waals surface area contributed by atoms with Gasteiger partial charge in [0.1, 0.15) is 0 Å². The fourth-order valence-corrected chi connectivity index (χ4v) is 1.96. The second-order valence-corrected chi connectivity index (χ2v) is 5.26. The summed E-state index contributed by atoms with van der Waals surface area (Å²) in [5.74, 6) is 4.75. The van der Waals surface area contributed by atoms with Crippen molar-refractivity contribution in [1.29, 1.82) is 0 Å². The molecular formula is C14H15F3N2OS. The molecule has 3 N–H and O–H groups in total. The predicted octanol–water partition coefficient (Wildman–Crippen LogP) is 2.29. The maximum Gasteiger partial charge on any atom is 0.441 e. The van der Waals surface area contributed by atoms with E-state index in [9.17, 15) is 18.0 Å². The van der Waals surface area contributed by atoms with Gasteiger partial charge in [-0.15, -0.1) is 0 Å². The summed E-state index contributed by atoms with van der Waals surface area (Å²) < 4.78 is 35.9. The molecule has 0 radical (unpaired) electrons. The van der Waals surface area contributed by atoms with E-state index in [0.29, 0.717) is 11.1 Å². The number of carbonyl (C=O) groups excluding carboxylic acids is 1. The van der Waals surface area contributed by atoms with Crippen LogP contribution in [0.4, 0.5) is 13.2 Å². The molecule has 0 unspecified atom stereocenters. The van der Waals surface area contributed by atoms with Gasteiger partial charge in [-0.25, -0.2) is 0 Å². The van der Waals surface area contributed by atoms with Crippen molar-refractivity contribution in [2.75, 3.05) is 18.8 Å². The Balaban J connectivity index is 2.71. The maximum atomic E-state index is 12.0. The number of benzene rings is 1. The number of aryl methyl sites for hydroxylation is 1. The van der Waals surface area contributed by atoms with Gasteiger partial charge in [-0.05, 0) is 30.8 Å². The second kappa shape index (κ2) is 7.96. The van der Waals surface area contributed by atoms with Crippen molar-refractivity contribution < 1.29 is 18.0 Å². The lowest BCUT2D eigenvalue weighted by molar-refractivity contribution is -0.0327. The minimum absolute atomic E-state index is 0.0687. The zero-order valence-electron chi connectivity index (χ0n) is 11.4. The molecule has 1 amide bonds. The largest absolute Gasteiger partial charge is 0.441 e. The Bertz CT molecular complexity index is 562. The van der Waals surface area contributed by atoms with Gasteiger partial charge < -0.3 is 11.1 Å². The third-order valence-corrected chi connectivity index (χ3v) is 3.13. The topological polar surface area (TPSA) is 55.1 Å². The maximum absolute atomic E-state index is 12.0. The number of hydrogen-bond acceptors (Lipinski definition) is 3. The highest BCUT2D eigenvalue weighted by Gasteiger charge is 2.27. The van der Waals surface area contributed by atoms with Gasteiger partial charge in [0.2, 0.25) is 0 Å². The van der Waals surface area contributed by atoms with Crippen molar-refractivity contribution in [3.63, 3.8) is 0 Å². The van der Waals surface area contributed by atoms with Gasteiger partial charge in [-0.2, -0.15) is 13.2 Å². The number of thioether (sulfide) groups is 1. The van der Waals surface area contributed by atoms with Crippen LogP contribution < -0.4 is 11.1 Å². The molecule has 3 nitrogen and oxygen atoms in total. The summed E-state index contributed by atoms with van der Waals surface area (Å²) in [6, 6.07) is 5.14. The molecule has 0 aliphatic carbocycles. The van der Waals surface area contributed by atoms with Gasteiger partial charge in [0.25, 0.3) is 5.91 Å². The average Bonchev–Trinajstić information content (AvgIpc) is 2.41. The Labute approximate surface area is 125 Å². The van der Waals surface area contributed by atoms with Gasteiger partial charge >= 0.3 is 5.51 Å². The first kappa shape index (κ1) is 17.4. The summed E-state index contributed by atoms with van der Waals surface area (Å²) in [6.45, 7) is 1.91. The van der Waals surface area contributed by atoms with Crippen LogP contribution in [0, 0.1) is 18.8 Å². The van der Waals surface area contributed by atoms with Crippen LogP contribution in [0.1, 0.15) is 21.5 Å². The lowest BCUT2D eigenvalue weighted by atomic mass is 10.0. The monoisotopic (exact) mass is 316 g/mol. The van der Waals surface area contributed by atoms with E-state index in [0.717, 1.165) is 5.56 Å². The van der Waals surface area contributed by atoms with Crippen molar-refractivity contribution in [1.82, 2.24) is 5.32 Å². The summed E-state index contributed by atoms with van der Waals surface area (Å²) in [7, 11) is 0. The van der Waals surface area contributed by atoms with E-state index in [2.05, 4.69) is 17.2 Å². The van der Waals surface area contributed by atoms with Gasteiger partial charge in [0.05, 0.1) is 12.1 Å². The summed E-state index contributed by atoms with van der Waals surface area (Å²) >= 11 is -0.167. The molecule has 0 heterocycles. The lowest BCUT2D eigenvalue weighted by Crippen LogP contribution is -2.27. The summed E-state index contributed by atoms with van der Waals surface area (Å²) in [6.07, 6.45) is 0. The van der Waals surface area contributed by atoms with E-state index < -0.39 is 11.4 Å². The Morgan fingerprint density at radius 3 is 2.76 bits per heavy atom. The molecule has 0 bridgehead atoms. The quantitative estimate of drug-likeness (QED) is 0.662. The van der Waals surface area contributed by atoms with Crippen LogP contribution in [-0.2, 0) is 0 Å². The van der Waals surface area contributed by atoms with Gasteiger partial charge in [-0.1, -0.05) is 23.5 Å². The molecule has 0 aliphatic rings. The number of hydrogen-bond donors (Lipinski definition) is 2. The second-order valence-electron chi connectivity index (χ2n) is 4.11. The van der Waals surface area contributed by atoms with Crippen molar-refractivity contribution in [3.05, 3.63) is 34.9 Å². The van der Waals surface area contributed by atoms with Crippen LogP contribution >= 0.6 is 11.8 Å². The molecule has 0 aromatic heterocycles. The molecular weight excluding hydrogens is 301 g/mol. The Hall–Kier alpha value is -1.65. The predicted molar refractivity (Wildman–Crippen MR) is 78.0 cm³/mol. The van der Waals surface area contributed by atoms with Crippen LogP contribution in [0.15, 0.2) is 18.2 Å². The number of alkyl halides is 3. The highest BCUT2D eigenvalue weighted by atomic mass is 32.2. The highest BCUT2D eigenvalue weighted by Crippen LogP contribution is 2.29. The molecule has 0 saturated carbocycles. The molecule has 21 heavy (non-hydrogen) atoms. The minimum Gasteiger partial charge on any atom is -0.351 e. The third-order valence-electron chi connectivity index (χ3n) is 2.40. The SMILES string of the molecule is Cc1ccc(C#CCN)c(C(=O)NCCSC(F)(F)F)c1. The van der Waals surface area contributed by atoms with E-state index in [4.69, 9.17) is 5.73 Å². The Kier molecular flexibility index (Phi) is 6.59. The number of nitrogens with one attached hydrogen (secondary N) is 1. The lowest BCUT2D eigenvalue weighted by Gasteiger charge is -2.09. The molecule has 0 aliphatic heterocycles. The summed E-state index contributed by atoms with van der Waals surface area (Å²) in [5, 5.41) is 2.46. The highest BCUT2D eigenvalue weighted by molar-refractivity contribution is 8.00. The fraction of sp³-hybridized carbons (Fsp3) is 0.357. The molecule has 114 valence electrons. The number of carbonyl (C=O) groups is 1. The fourth-order valence-electron chi connectivity index (χ4n) is 1.53. The van der Waals surface area contributed by atoms with Crippen LogP contribution in [0.3, 0.4) is 0 Å². The smallest absolute Gasteiger partial charge is 0.351 e. The molecule has 0 fully saturated rings. The molecule has 7 heteroatoms. The number of rotatable bonds is 4. The van der Waals surface area contributed by atoms with E-state index >= 15 is 0 Å². The first-order chi connectivity index (χ1) is 9.83. The van der Waals surface area contributed by atoms with Crippen molar-refractivity contribution in [3.8, 4) is 11.8 Å². The van der Waals surface area contributed by atoms with Crippen LogP contribution in [0.25, 0.3) is 0 Å². The van der Waals surface area contributed by atoms with Crippen molar-refractivity contribution in [2.45, 2.75) is 12.4 Å². The zero-order chi connectivity index (χ0) is 15.9. The summed E-state index contributed by atoms with van der Waals surface area (Å²) in [5.41, 5.74) is 2.71. The molecule has 0 saturated heterocycles. The van der Waals surface area contributed by atoms with E-state index in [1.807, 2.05) is 6.92 Å². The third kappa shape index (κ3) is 6.56. The summed E-state index contributed by atoms with van der Waals surface area (Å²) in [4.78, 5) is 12.0. The van der Waals surface area contributed by atoms with Crippen LogP contribution in [-0.4, -0.2) is 30.3 Å². The van der Waals surface area contributed by atoms with Crippen molar-refractivity contribution >= 4 is 17.7 Å². The number of halogens is 3.